The summed E-state index contributed by atoms with van der Waals surface area (Å²) < 4.78 is 1.03. The number of halogens is 1. The van der Waals surface area contributed by atoms with Crippen LogP contribution in [0.4, 0.5) is 0 Å². The van der Waals surface area contributed by atoms with Crippen molar-refractivity contribution < 1.29 is 4.79 Å². The lowest BCUT2D eigenvalue weighted by Gasteiger charge is -2.20. The minimum absolute atomic E-state index is 0.0143. The van der Waals surface area contributed by atoms with Crippen molar-refractivity contribution in [2.75, 3.05) is 0 Å². The van der Waals surface area contributed by atoms with Gasteiger partial charge in [-0.05, 0) is 37.5 Å². The van der Waals surface area contributed by atoms with Gasteiger partial charge in [0, 0.05) is 10.5 Å². The van der Waals surface area contributed by atoms with E-state index in [2.05, 4.69) is 21.2 Å². The molecule has 3 atom stereocenters. The maximum absolute atomic E-state index is 12.1. The number of nitrogens with two attached hydrogens (primary N) is 1. The van der Waals surface area contributed by atoms with Gasteiger partial charge in [-0.25, -0.2) is 0 Å². The molecule has 0 radical (unpaired) electrons. The fraction of sp³-hybridized carbons (Fsp3) is 0.500. The summed E-state index contributed by atoms with van der Waals surface area (Å²) in [5.41, 5.74) is 7.05. The summed E-state index contributed by atoms with van der Waals surface area (Å²) in [7, 11) is 0. The van der Waals surface area contributed by atoms with Crippen LogP contribution in [0.25, 0.3) is 0 Å². The van der Waals surface area contributed by atoms with Crippen LogP contribution < -0.4 is 11.1 Å². The van der Waals surface area contributed by atoms with Crippen molar-refractivity contribution in [3.63, 3.8) is 0 Å². The molecule has 3 nitrogen and oxygen atoms in total. The Balaban J connectivity index is 1.98. The summed E-state index contributed by atoms with van der Waals surface area (Å²) in [4.78, 5) is 12.1. The second-order valence-electron chi connectivity index (χ2n) is 4.99. The van der Waals surface area contributed by atoms with Crippen molar-refractivity contribution >= 4 is 21.8 Å². The zero-order chi connectivity index (χ0) is 13.1. The van der Waals surface area contributed by atoms with Crippen molar-refractivity contribution in [3.05, 3.63) is 34.3 Å². The lowest BCUT2D eigenvalue weighted by atomic mass is 10.0. The number of hydrogen-bond acceptors (Lipinski definition) is 2. The molecule has 0 heterocycles. The lowest BCUT2D eigenvalue weighted by molar-refractivity contribution is -0.125. The molecule has 1 fully saturated rings. The summed E-state index contributed by atoms with van der Waals surface area (Å²) in [6.45, 7) is 2.00. The van der Waals surface area contributed by atoms with E-state index < -0.39 is 0 Å². The largest absolute Gasteiger partial charge is 0.349 e. The van der Waals surface area contributed by atoms with E-state index in [4.69, 9.17) is 5.73 Å². The highest BCUT2D eigenvalue weighted by molar-refractivity contribution is 9.10. The first-order valence-electron chi connectivity index (χ1n) is 6.39. The van der Waals surface area contributed by atoms with Gasteiger partial charge in [0.2, 0.25) is 5.91 Å². The lowest BCUT2D eigenvalue weighted by Crippen LogP contribution is -2.39. The zero-order valence-electron chi connectivity index (χ0n) is 10.5. The van der Waals surface area contributed by atoms with E-state index >= 15 is 0 Å². The standard InChI is InChI=1S/C14H19BrN2O/c1-9(10-4-2-5-11(15)8-10)17-14(18)12-6-3-7-13(12)16/h2,4-5,8-9,12-13H,3,6-7,16H2,1H3,(H,17,18)/t9-,12?,13?/m1/s1. The van der Waals surface area contributed by atoms with Gasteiger partial charge in [-0.15, -0.1) is 0 Å². The first-order valence-corrected chi connectivity index (χ1v) is 7.18. The molecule has 4 heteroatoms. The first kappa shape index (κ1) is 13.6. The van der Waals surface area contributed by atoms with Gasteiger partial charge < -0.3 is 11.1 Å². The van der Waals surface area contributed by atoms with Crippen LogP contribution in [0.1, 0.15) is 37.8 Å². The number of benzene rings is 1. The van der Waals surface area contributed by atoms with Crippen LogP contribution in [0.2, 0.25) is 0 Å². The molecule has 1 aliphatic rings. The molecule has 2 unspecified atom stereocenters. The molecule has 0 spiro atoms. The third-order valence-corrected chi connectivity index (χ3v) is 4.11. The highest BCUT2D eigenvalue weighted by Gasteiger charge is 2.30. The Bertz CT molecular complexity index is 436. The van der Waals surface area contributed by atoms with Crippen LogP contribution in [0, 0.1) is 5.92 Å². The summed E-state index contributed by atoms with van der Waals surface area (Å²) in [6, 6.07) is 8.04. The summed E-state index contributed by atoms with van der Waals surface area (Å²) >= 11 is 3.44. The third-order valence-electron chi connectivity index (χ3n) is 3.61. The van der Waals surface area contributed by atoms with Gasteiger partial charge in [0.15, 0.2) is 0 Å². The predicted octanol–water partition coefficient (Wildman–Crippen LogP) is 2.75. The van der Waals surface area contributed by atoms with Crippen molar-refractivity contribution in [2.45, 2.75) is 38.3 Å². The van der Waals surface area contributed by atoms with Gasteiger partial charge in [0.25, 0.3) is 0 Å². The highest BCUT2D eigenvalue weighted by atomic mass is 79.9. The summed E-state index contributed by atoms with van der Waals surface area (Å²) in [5.74, 6) is 0.0760. The molecule has 2 rings (SSSR count). The zero-order valence-corrected chi connectivity index (χ0v) is 12.1. The Morgan fingerprint density at radius 2 is 2.28 bits per heavy atom. The molecule has 0 bridgehead atoms. The topological polar surface area (TPSA) is 55.1 Å². The third kappa shape index (κ3) is 3.12. The number of carbonyl (C=O) groups excluding carboxylic acids is 1. The fourth-order valence-electron chi connectivity index (χ4n) is 2.49. The number of hydrogen-bond donors (Lipinski definition) is 2. The van der Waals surface area contributed by atoms with E-state index in [-0.39, 0.29) is 23.9 Å². The van der Waals surface area contributed by atoms with Crippen molar-refractivity contribution in [1.82, 2.24) is 5.32 Å². The molecule has 98 valence electrons. The number of rotatable bonds is 3. The average molecular weight is 311 g/mol. The molecule has 1 aromatic carbocycles. The average Bonchev–Trinajstić information content (AvgIpc) is 2.75. The summed E-state index contributed by atoms with van der Waals surface area (Å²) in [6.07, 6.45) is 2.94. The van der Waals surface area contributed by atoms with E-state index in [0.29, 0.717) is 0 Å². The highest BCUT2D eigenvalue weighted by Crippen LogP contribution is 2.25. The molecule has 1 aromatic rings. The number of nitrogens with one attached hydrogen (secondary N) is 1. The molecular weight excluding hydrogens is 292 g/mol. The monoisotopic (exact) mass is 310 g/mol. The molecule has 1 saturated carbocycles. The van der Waals surface area contributed by atoms with E-state index in [0.717, 1.165) is 29.3 Å². The molecule has 18 heavy (non-hydrogen) atoms. The Morgan fingerprint density at radius 1 is 1.50 bits per heavy atom. The molecule has 0 saturated heterocycles. The Labute approximate surface area is 116 Å². The van der Waals surface area contributed by atoms with Crippen LogP contribution in [-0.4, -0.2) is 11.9 Å². The maximum Gasteiger partial charge on any atom is 0.225 e. The Hall–Kier alpha value is -0.870. The Kier molecular flexibility index (Phi) is 4.40. The second-order valence-corrected chi connectivity index (χ2v) is 5.90. The normalized spacial score (nSPS) is 24.8. The molecule has 3 N–H and O–H groups in total. The molecule has 1 amide bonds. The van der Waals surface area contributed by atoms with Crippen LogP contribution >= 0.6 is 15.9 Å². The van der Waals surface area contributed by atoms with Gasteiger partial charge in [0.05, 0.1) is 12.0 Å². The molecular formula is C14H19BrN2O. The van der Waals surface area contributed by atoms with Gasteiger partial charge in [0.1, 0.15) is 0 Å². The van der Waals surface area contributed by atoms with Crippen LogP contribution in [0.3, 0.4) is 0 Å². The minimum Gasteiger partial charge on any atom is -0.349 e. The van der Waals surface area contributed by atoms with Crippen molar-refractivity contribution in [1.29, 1.82) is 0 Å². The van der Waals surface area contributed by atoms with Crippen LogP contribution in [-0.2, 0) is 4.79 Å². The maximum atomic E-state index is 12.1. The molecule has 0 aliphatic heterocycles. The van der Waals surface area contributed by atoms with E-state index in [1.807, 2.05) is 31.2 Å². The number of amides is 1. The van der Waals surface area contributed by atoms with Gasteiger partial charge >= 0.3 is 0 Å². The Morgan fingerprint density at radius 3 is 2.89 bits per heavy atom. The van der Waals surface area contributed by atoms with E-state index in [1.54, 1.807) is 0 Å². The second kappa shape index (κ2) is 5.85. The fourth-order valence-corrected chi connectivity index (χ4v) is 2.91. The summed E-state index contributed by atoms with van der Waals surface area (Å²) in [5, 5.41) is 3.06. The van der Waals surface area contributed by atoms with E-state index in [9.17, 15) is 4.79 Å². The SMILES string of the molecule is C[C@@H](NC(=O)C1CCCC1N)c1cccc(Br)c1. The van der Waals surface area contributed by atoms with Gasteiger partial charge in [-0.2, -0.15) is 0 Å². The van der Waals surface area contributed by atoms with Gasteiger partial charge in [-0.3, -0.25) is 4.79 Å². The molecule has 1 aliphatic carbocycles. The van der Waals surface area contributed by atoms with Crippen LogP contribution in [0.5, 0.6) is 0 Å². The van der Waals surface area contributed by atoms with Crippen LogP contribution in [0.15, 0.2) is 28.7 Å². The quantitative estimate of drug-likeness (QED) is 0.902. The number of carbonyl (C=O) groups is 1. The predicted molar refractivity (Wildman–Crippen MR) is 76.0 cm³/mol. The minimum atomic E-state index is -0.0143. The van der Waals surface area contributed by atoms with Gasteiger partial charge in [-0.1, -0.05) is 34.5 Å². The van der Waals surface area contributed by atoms with E-state index in [1.165, 1.54) is 0 Å². The van der Waals surface area contributed by atoms with Crippen molar-refractivity contribution in [2.24, 2.45) is 11.7 Å². The first-order chi connectivity index (χ1) is 8.58. The molecule has 0 aromatic heterocycles. The van der Waals surface area contributed by atoms with Crippen molar-refractivity contribution in [3.8, 4) is 0 Å². The smallest absolute Gasteiger partial charge is 0.225 e.